The van der Waals surface area contributed by atoms with Gasteiger partial charge in [0.25, 0.3) is 0 Å². The highest BCUT2D eigenvalue weighted by molar-refractivity contribution is 5.57. The third-order valence-corrected chi connectivity index (χ3v) is 3.99. The van der Waals surface area contributed by atoms with Crippen LogP contribution < -0.4 is 4.74 Å². The van der Waals surface area contributed by atoms with Crippen LogP contribution in [0.4, 0.5) is 0 Å². The van der Waals surface area contributed by atoms with Crippen molar-refractivity contribution in [1.82, 2.24) is 4.98 Å². The number of allylic oxidation sites excluding steroid dienone is 2. The number of oxazole rings is 1. The van der Waals surface area contributed by atoms with Gasteiger partial charge in [-0.3, -0.25) is 0 Å². The number of aromatic nitrogens is 1. The first-order chi connectivity index (χ1) is 11.1. The van der Waals surface area contributed by atoms with E-state index in [1.807, 2.05) is 30.5 Å². The Labute approximate surface area is 139 Å². The van der Waals surface area contributed by atoms with Crippen LogP contribution in [0, 0.1) is 5.92 Å². The molecule has 1 heterocycles. The number of ether oxygens (including phenoxy) is 1. The summed E-state index contributed by atoms with van der Waals surface area (Å²) in [4.78, 5) is 4.41. The molecular weight excluding hydrogens is 286 g/mol. The molecule has 0 aliphatic carbocycles. The fourth-order valence-electron chi connectivity index (χ4n) is 2.49. The zero-order valence-electron chi connectivity index (χ0n) is 14.6. The molecule has 0 saturated carbocycles. The molecule has 2 aromatic rings. The average molecular weight is 313 g/mol. The van der Waals surface area contributed by atoms with Crippen LogP contribution in [0.5, 0.6) is 5.75 Å². The fourth-order valence-corrected chi connectivity index (χ4v) is 2.49. The number of rotatable bonds is 8. The van der Waals surface area contributed by atoms with Crippen LogP contribution in [0.2, 0.25) is 0 Å². The van der Waals surface area contributed by atoms with Gasteiger partial charge in [-0.15, -0.1) is 0 Å². The van der Waals surface area contributed by atoms with Crippen molar-refractivity contribution in [2.75, 3.05) is 7.11 Å². The van der Waals surface area contributed by atoms with Crippen molar-refractivity contribution in [2.24, 2.45) is 5.92 Å². The van der Waals surface area contributed by atoms with E-state index in [0.29, 0.717) is 5.92 Å². The smallest absolute Gasteiger partial charge is 0.194 e. The Hall–Kier alpha value is -2.03. The number of methoxy groups -OCH3 is 1. The van der Waals surface area contributed by atoms with Crippen molar-refractivity contribution >= 4 is 0 Å². The highest BCUT2D eigenvalue weighted by atomic mass is 16.5. The molecular formula is C20H27NO2. The largest absolute Gasteiger partial charge is 0.497 e. The Bertz CT molecular complexity index is 621. The van der Waals surface area contributed by atoms with E-state index in [4.69, 9.17) is 9.15 Å². The topological polar surface area (TPSA) is 35.3 Å². The van der Waals surface area contributed by atoms with Crippen LogP contribution in [-0.4, -0.2) is 12.1 Å². The summed E-state index contributed by atoms with van der Waals surface area (Å²) >= 11 is 0. The first-order valence-corrected chi connectivity index (χ1v) is 8.31. The maximum atomic E-state index is 5.87. The van der Waals surface area contributed by atoms with E-state index in [0.717, 1.165) is 42.2 Å². The molecule has 0 aliphatic rings. The van der Waals surface area contributed by atoms with E-state index in [1.54, 1.807) is 7.11 Å². The minimum absolute atomic E-state index is 0.682. The van der Waals surface area contributed by atoms with Gasteiger partial charge in [-0.2, -0.15) is 0 Å². The second-order valence-electron chi connectivity index (χ2n) is 6.35. The molecule has 2 rings (SSSR count). The van der Waals surface area contributed by atoms with Crippen LogP contribution in [0.15, 0.2) is 46.5 Å². The zero-order chi connectivity index (χ0) is 16.7. The Morgan fingerprint density at radius 1 is 1.22 bits per heavy atom. The second-order valence-corrected chi connectivity index (χ2v) is 6.35. The summed E-state index contributed by atoms with van der Waals surface area (Å²) in [5, 5.41) is 0. The molecule has 0 unspecified atom stereocenters. The summed E-state index contributed by atoms with van der Waals surface area (Å²) < 4.78 is 11.0. The normalized spacial score (nSPS) is 12.0. The summed E-state index contributed by atoms with van der Waals surface area (Å²) in [6.45, 7) is 6.60. The number of hydrogen-bond acceptors (Lipinski definition) is 3. The minimum Gasteiger partial charge on any atom is -0.497 e. The zero-order valence-corrected chi connectivity index (χ0v) is 14.6. The molecule has 1 atom stereocenters. The van der Waals surface area contributed by atoms with E-state index < -0.39 is 0 Å². The predicted octanol–water partition coefficient (Wildman–Crippen LogP) is 5.67. The third-order valence-electron chi connectivity index (χ3n) is 3.99. The Morgan fingerprint density at radius 2 is 1.96 bits per heavy atom. The van der Waals surface area contributed by atoms with Crippen LogP contribution in [0.1, 0.15) is 45.9 Å². The lowest BCUT2D eigenvalue weighted by Gasteiger charge is -2.08. The number of hydrogen-bond donors (Lipinski definition) is 0. The summed E-state index contributed by atoms with van der Waals surface area (Å²) in [5.41, 5.74) is 2.43. The molecule has 23 heavy (non-hydrogen) atoms. The predicted molar refractivity (Wildman–Crippen MR) is 94.6 cm³/mol. The molecule has 0 fully saturated rings. The van der Waals surface area contributed by atoms with Crippen molar-refractivity contribution in [3.8, 4) is 17.1 Å². The lowest BCUT2D eigenvalue weighted by Crippen LogP contribution is -1.97. The first kappa shape index (κ1) is 17.3. The monoisotopic (exact) mass is 313 g/mol. The van der Waals surface area contributed by atoms with Crippen LogP contribution in [0.25, 0.3) is 11.3 Å². The van der Waals surface area contributed by atoms with E-state index in [1.165, 1.54) is 12.0 Å². The quantitative estimate of drug-likeness (QED) is 0.589. The molecule has 1 aromatic heterocycles. The molecule has 3 heteroatoms. The Morgan fingerprint density at radius 3 is 2.61 bits per heavy atom. The fraction of sp³-hybridized carbons (Fsp3) is 0.450. The van der Waals surface area contributed by atoms with Gasteiger partial charge in [-0.1, -0.05) is 18.6 Å². The molecule has 1 aromatic carbocycles. The average Bonchev–Trinajstić information content (AvgIpc) is 3.01. The number of benzene rings is 1. The summed E-state index contributed by atoms with van der Waals surface area (Å²) in [7, 11) is 1.67. The molecule has 3 nitrogen and oxygen atoms in total. The molecule has 0 spiro atoms. The minimum atomic E-state index is 0.682. The third kappa shape index (κ3) is 5.59. The maximum Gasteiger partial charge on any atom is 0.194 e. The van der Waals surface area contributed by atoms with Gasteiger partial charge in [0.15, 0.2) is 11.7 Å². The number of aryl methyl sites for hydroxylation is 1. The molecule has 0 amide bonds. The van der Waals surface area contributed by atoms with Gasteiger partial charge in [0.05, 0.1) is 13.3 Å². The second kappa shape index (κ2) is 8.56. The molecule has 0 bridgehead atoms. The molecule has 0 saturated heterocycles. The van der Waals surface area contributed by atoms with Gasteiger partial charge in [0, 0.05) is 12.0 Å². The maximum absolute atomic E-state index is 5.87. The van der Waals surface area contributed by atoms with Crippen LogP contribution in [-0.2, 0) is 6.42 Å². The van der Waals surface area contributed by atoms with Crippen molar-refractivity contribution < 1.29 is 9.15 Å². The van der Waals surface area contributed by atoms with E-state index in [2.05, 4.69) is 31.8 Å². The van der Waals surface area contributed by atoms with Crippen molar-refractivity contribution in [3.63, 3.8) is 0 Å². The van der Waals surface area contributed by atoms with Crippen molar-refractivity contribution in [2.45, 2.75) is 46.5 Å². The molecule has 0 aliphatic heterocycles. The molecule has 0 N–H and O–H groups in total. The summed E-state index contributed by atoms with van der Waals surface area (Å²) in [6.07, 6.45) is 8.50. The SMILES string of the molecule is COc1ccc(-c2cnc(CC[C@H](C)CCC=C(C)C)o2)cc1. The first-order valence-electron chi connectivity index (χ1n) is 8.31. The van der Waals surface area contributed by atoms with Gasteiger partial charge < -0.3 is 9.15 Å². The van der Waals surface area contributed by atoms with Gasteiger partial charge in [-0.05, 0) is 63.3 Å². The lowest BCUT2D eigenvalue weighted by atomic mass is 9.99. The molecule has 124 valence electrons. The summed E-state index contributed by atoms with van der Waals surface area (Å²) in [5.74, 6) is 3.17. The van der Waals surface area contributed by atoms with Crippen LogP contribution in [0.3, 0.4) is 0 Å². The van der Waals surface area contributed by atoms with Gasteiger partial charge in [0.2, 0.25) is 0 Å². The van der Waals surface area contributed by atoms with Crippen molar-refractivity contribution in [3.05, 3.63) is 48.0 Å². The highest BCUT2D eigenvalue weighted by Gasteiger charge is 2.09. The van der Waals surface area contributed by atoms with E-state index in [9.17, 15) is 0 Å². The highest BCUT2D eigenvalue weighted by Crippen LogP contribution is 2.24. The van der Waals surface area contributed by atoms with Gasteiger partial charge in [0.1, 0.15) is 5.75 Å². The number of nitrogens with zero attached hydrogens (tertiary/aromatic N) is 1. The van der Waals surface area contributed by atoms with E-state index in [-0.39, 0.29) is 0 Å². The standard InChI is InChI=1S/C20H27NO2/c1-15(2)6-5-7-16(3)8-13-20-21-14-19(23-20)17-9-11-18(22-4)12-10-17/h6,9-12,14,16H,5,7-8,13H2,1-4H3/t16-/m1/s1. The lowest BCUT2D eigenvalue weighted by molar-refractivity contribution is 0.414. The van der Waals surface area contributed by atoms with Gasteiger partial charge >= 0.3 is 0 Å². The van der Waals surface area contributed by atoms with Crippen LogP contribution >= 0.6 is 0 Å². The van der Waals surface area contributed by atoms with Crippen molar-refractivity contribution in [1.29, 1.82) is 0 Å². The Balaban J connectivity index is 1.85. The summed E-state index contributed by atoms with van der Waals surface area (Å²) in [6, 6.07) is 7.85. The van der Waals surface area contributed by atoms with E-state index >= 15 is 0 Å². The van der Waals surface area contributed by atoms with Gasteiger partial charge in [-0.25, -0.2) is 4.98 Å². The molecule has 0 radical (unpaired) electrons. The Kier molecular flexibility index (Phi) is 6.45.